The Morgan fingerprint density at radius 3 is 2.46 bits per heavy atom. The quantitative estimate of drug-likeness (QED) is 0.378. The topological polar surface area (TPSA) is 0 Å². The van der Waals surface area contributed by atoms with Crippen molar-refractivity contribution in [2.24, 2.45) is 0 Å². The average Bonchev–Trinajstić information content (AvgIpc) is 2.98. The van der Waals surface area contributed by atoms with Gasteiger partial charge in [0, 0.05) is 5.92 Å². The molecule has 4 rings (SSSR count). The molecular formula is C24H24. The Balaban J connectivity index is 2.07. The molecule has 1 aliphatic carbocycles. The number of hydrogen-bond acceptors (Lipinski definition) is 0. The highest BCUT2D eigenvalue weighted by Gasteiger charge is 2.30. The van der Waals surface area contributed by atoms with E-state index in [0.717, 1.165) is 22.3 Å². The molecule has 1 atom stereocenters. The molecule has 0 spiro atoms. The summed E-state index contributed by atoms with van der Waals surface area (Å²) in [6.07, 6.45) is 0. The fraction of sp³-hybridized carbons (Fsp3) is 0.250. The Morgan fingerprint density at radius 1 is 0.875 bits per heavy atom. The summed E-state index contributed by atoms with van der Waals surface area (Å²) in [4.78, 5) is 0. The van der Waals surface area contributed by atoms with Crippen LogP contribution < -0.4 is 0 Å². The molecule has 3 aromatic rings. The van der Waals surface area contributed by atoms with Gasteiger partial charge in [0.2, 0.25) is 0 Å². The molecule has 1 unspecified atom stereocenters. The molecule has 24 heavy (non-hydrogen) atoms. The minimum atomic E-state index is -0.187. The highest BCUT2D eigenvalue weighted by atomic mass is 14.3. The van der Waals surface area contributed by atoms with Crippen molar-refractivity contribution in [1.82, 2.24) is 0 Å². The van der Waals surface area contributed by atoms with Crippen LogP contribution >= 0.6 is 0 Å². The molecule has 0 heterocycles. The van der Waals surface area contributed by atoms with Crippen molar-refractivity contribution in [1.29, 1.82) is 0 Å². The second-order valence-electron chi connectivity index (χ2n) is 7.69. The molecule has 0 fully saturated rings. The van der Waals surface area contributed by atoms with Crippen molar-refractivity contribution in [3.05, 3.63) is 94.5 Å². The predicted octanol–water partition coefficient (Wildman–Crippen LogP) is 6.45. The van der Waals surface area contributed by atoms with E-state index in [1.165, 1.54) is 5.56 Å². The van der Waals surface area contributed by atoms with Crippen LogP contribution in [-0.4, -0.2) is 0 Å². The summed E-state index contributed by atoms with van der Waals surface area (Å²) in [5.41, 5.74) is 6.73. The molecule has 0 N–H and O–H groups in total. The van der Waals surface area contributed by atoms with Crippen LogP contribution in [0.4, 0.5) is 0 Å². The minimum absolute atomic E-state index is 0.00285. The number of rotatable bonds is 1. The van der Waals surface area contributed by atoms with Gasteiger partial charge in [-0.05, 0) is 45.7 Å². The summed E-state index contributed by atoms with van der Waals surface area (Å²) in [5.74, 6) is -0.187. The van der Waals surface area contributed by atoms with Crippen molar-refractivity contribution in [3.8, 4) is 11.1 Å². The summed E-state index contributed by atoms with van der Waals surface area (Å²) >= 11 is 0. The minimum Gasteiger partial charge on any atom is -0.0619 e. The van der Waals surface area contributed by atoms with E-state index in [1.807, 2.05) is 19.1 Å². The van der Waals surface area contributed by atoms with Gasteiger partial charge >= 0.3 is 0 Å². The second kappa shape index (κ2) is 5.34. The van der Waals surface area contributed by atoms with Crippen LogP contribution in [0.15, 0.2) is 66.6 Å². The Labute approximate surface area is 150 Å². The predicted molar refractivity (Wildman–Crippen MR) is 103 cm³/mol. The van der Waals surface area contributed by atoms with Crippen LogP contribution in [0.2, 0.25) is 0 Å². The lowest BCUT2D eigenvalue weighted by molar-refractivity contribution is 0.589. The van der Waals surface area contributed by atoms with Crippen LogP contribution in [0.1, 0.15) is 60.0 Å². The third kappa shape index (κ3) is 2.38. The first kappa shape index (κ1) is 11.3. The maximum absolute atomic E-state index is 8.61. The van der Waals surface area contributed by atoms with Gasteiger partial charge in [-0.25, -0.2) is 0 Å². The first-order valence-corrected chi connectivity index (χ1v) is 8.43. The van der Waals surface area contributed by atoms with E-state index in [0.29, 0.717) is 11.1 Å². The summed E-state index contributed by atoms with van der Waals surface area (Å²) in [5, 5.41) is 0. The van der Waals surface area contributed by atoms with Gasteiger partial charge in [0.25, 0.3) is 0 Å². The van der Waals surface area contributed by atoms with Gasteiger partial charge in [0.15, 0.2) is 0 Å². The molecule has 0 amide bonds. The molecule has 0 saturated carbocycles. The molecule has 0 aliphatic heterocycles. The lowest BCUT2D eigenvalue weighted by atomic mass is 9.82. The molecule has 0 bridgehead atoms. The molecule has 0 aromatic heterocycles. The third-order valence-corrected chi connectivity index (χ3v) is 4.88. The van der Waals surface area contributed by atoms with E-state index in [2.05, 4.69) is 51.1 Å². The van der Waals surface area contributed by atoms with E-state index < -0.39 is 0 Å². The van der Waals surface area contributed by atoms with E-state index >= 15 is 0 Å². The fourth-order valence-corrected chi connectivity index (χ4v) is 3.59. The molecule has 0 heteroatoms. The van der Waals surface area contributed by atoms with Gasteiger partial charge in [0.1, 0.15) is 0 Å². The molecule has 1 aliphatic rings. The maximum atomic E-state index is 8.61. The van der Waals surface area contributed by atoms with Crippen LogP contribution in [0.5, 0.6) is 0 Å². The van der Waals surface area contributed by atoms with Crippen LogP contribution in [0, 0.1) is 6.92 Å². The third-order valence-electron chi connectivity index (χ3n) is 4.88. The largest absolute Gasteiger partial charge is 0.0629 e. The van der Waals surface area contributed by atoms with Crippen molar-refractivity contribution in [2.75, 3.05) is 0 Å². The maximum Gasteiger partial charge on any atom is 0.0629 e. The SMILES string of the molecule is [2H]c1c([2H])c([2H])c2c(c1[2H])-c1ccc(C)cc1C2c1cccc(C(C)(C)C)c1. The summed E-state index contributed by atoms with van der Waals surface area (Å²) < 4.78 is 33.4. The Kier molecular flexibility index (Phi) is 2.51. The van der Waals surface area contributed by atoms with E-state index in [4.69, 9.17) is 5.48 Å². The van der Waals surface area contributed by atoms with Crippen LogP contribution in [0.25, 0.3) is 11.1 Å². The summed E-state index contributed by atoms with van der Waals surface area (Å²) in [6, 6.07) is 14.4. The van der Waals surface area contributed by atoms with E-state index in [-0.39, 0.29) is 35.5 Å². The van der Waals surface area contributed by atoms with Crippen LogP contribution in [0.3, 0.4) is 0 Å². The standard InChI is InChI=1S/C24H24/c1-16-12-13-20-19-10-5-6-11-21(19)23(22(20)14-16)17-8-7-9-18(15-17)24(2,3)4/h5-15,23H,1-4H3/i5D,6D,10D,11D. The van der Waals surface area contributed by atoms with Gasteiger partial charge < -0.3 is 0 Å². The highest BCUT2D eigenvalue weighted by Crippen LogP contribution is 2.48. The number of benzene rings is 3. The average molecular weight is 316 g/mol. The van der Waals surface area contributed by atoms with Crippen molar-refractivity contribution >= 4 is 0 Å². The number of hydrogen-bond donors (Lipinski definition) is 0. The Hall–Kier alpha value is -2.34. The number of aryl methyl sites for hydroxylation is 1. The number of fused-ring (bicyclic) bond motifs is 3. The first-order chi connectivity index (χ1) is 13.1. The summed E-state index contributed by atoms with van der Waals surface area (Å²) in [6.45, 7) is 8.58. The van der Waals surface area contributed by atoms with Gasteiger partial charge in [0.05, 0.1) is 5.48 Å². The molecule has 120 valence electrons. The normalized spacial score (nSPS) is 18.2. The smallest absolute Gasteiger partial charge is 0.0619 e. The first-order valence-electron chi connectivity index (χ1n) is 10.4. The Morgan fingerprint density at radius 2 is 1.67 bits per heavy atom. The zero-order chi connectivity index (χ0) is 20.4. The highest BCUT2D eigenvalue weighted by molar-refractivity contribution is 5.81. The zero-order valence-corrected chi connectivity index (χ0v) is 14.6. The fourth-order valence-electron chi connectivity index (χ4n) is 3.59. The lowest BCUT2D eigenvalue weighted by Crippen LogP contribution is -2.12. The van der Waals surface area contributed by atoms with Crippen LogP contribution in [-0.2, 0) is 5.41 Å². The van der Waals surface area contributed by atoms with Crippen molar-refractivity contribution in [3.63, 3.8) is 0 Å². The monoisotopic (exact) mass is 316 g/mol. The molecule has 0 radical (unpaired) electrons. The lowest BCUT2D eigenvalue weighted by Gasteiger charge is -2.22. The van der Waals surface area contributed by atoms with Crippen molar-refractivity contribution < 1.29 is 5.48 Å². The van der Waals surface area contributed by atoms with Gasteiger partial charge in [-0.2, -0.15) is 0 Å². The van der Waals surface area contributed by atoms with E-state index in [1.54, 1.807) is 0 Å². The second-order valence-corrected chi connectivity index (χ2v) is 7.69. The molecule has 3 aromatic carbocycles. The van der Waals surface area contributed by atoms with Gasteiger partial charge in [-0.1, -0.05) is 93.0 Å². The molecule has 0 nitrogen and oxygen atoms in total. The van der Waals surface area contributed by atoms with Crippen molar-refractivity contribution in [2.45, 2.75) is 39.0 Å². The molecule has 0 saturated heterocycles. The van der Waals surface area contributed by atoms with E-state index in [9.17, 15) is 0 Å². The molecular weight excluding hydrogens is 288 g/mol. The summed E-state index contributed by atoms with van der Waals surface area (Å²) in [7, 11) is 0. The van der Waals surface area contributed by atoms with Gasteiger partial charge in [-0.15, -0.1) is 0 Å². The Bertz CT molecular complexity index is 1110. The zero-order valence-electron chi connectivity index (χ0n) is 18.6. The van der Waals surface area contributed by atoms with Gasteiger partial charge in [-0.3, -0.25) is 0 Å².